The van der Waals surface area contributed by atoms with E-state index in [9.17, 15) is 0 Å². The van der Waals surface area contributed by atoms with Crippen molar-refractivity contribution < 1.29 is 0 Å². The Morgan fingerprint density at radius 3 is 1.35 bits per heavy atom. The summed E-state index contributed by atoms with van der Waals surface area (Å²) in [4.78, 5) is 2.35. The van der Waals surface area contributed by atoms with Crippen molar-refractivity contribution in [3.8, 4) is 44.5 Å². The second kappa shape index (κ2) is 13.4. The molecule has 0 fully saturated rings. The molecule has 0 bridgehead atoms. The SMILES string of the molecule is c1ccc(-c2ccc(N(c3ccc(-c4ccccc4)cc3)c3ccc(-c4cc5ccccc5c5c(-c6ccccc6)c6ccccn6c45)cc3)cc2)cc1. The minimum atomic E-state index is 1.10. The zero-order valence-electron chi connectivity index (χ0n) is 29.7. The zero-order chi connectivity index (χ0) is 35.8. The first-order chi connectivity index (χ1) is 26.8. The molecule has 0 N–H and O–H groups in total. The monoisotopic (exact) mass is 688 g/mol. The number of aromatic nitrogens is 1. The van der Waals surface area contributed by atoms with Crippen molar-refractivity contribution in [1.29, 1.82) is 0 Å². The standard InChI is InChI=1S/C52H36N2/c1-4-14-37(15-5-1)39-23-29-44(30-24-39)54(45-31-25-40(26-32-45)38-16-6-2-7-17-38)46-33-27-41(28-34-46)48-36-43-20-10-11-21-47(43)51-50(42-18-8-3-9-19-42)49-22-12-13-35-53(49)52(48)51/h1-36H. The predicted molar refractivity (Wildman–Crippen MR) is 229 cm³/mol. The van der Waals surface area contributed by atoms with Gasteiger partial charge in [0.15, 0.2) is 0 Å². The summed E-state index contributed by atoms with van der Waals surface area (Å²) in [5, 5.41) is 3.78. The van der Waals surface area contributed by atoms with Crippen molar-refractivity contribution in [3.63, 3.8) is 0 Å². The fourth-order valence-corrected chi connectivity index (χ4v) is 8.03. The number of benzene rings is 8. The topological polar surface area (TPSA) is 7.65 Å². The first-order valence-corrected chi connectivity index (χ1v) is 18.5. The number of pyridine rings is 1. The molecule has 0 aliphatic carbocycles. The van der Waals surface area contributed by atoms with E-state index >= 15 is 0 Å². The lowest BCUT2D eigenvalue weighted by Gasteiger charge is -2.26. The van der Waals surface area contributed by atoms with Crippen molar-refractivity contribution in [2.24, 2.45) is 0 Å². The van der Waals surface area contributed by atoms with Crippen LogP contribution in [0.5, 0.6) is 0 Å². The lowest BCUT2D eigenvalue weighted by Crippen LogP contribution is -2.09. The maximum absolute atomic E-state index is 2.38. The van der Waals surface area contributed by atoms with E-state index in [1.807, 2.05) is 0 Å². The largest absolute Gasteiger partial charge is 0.315 e. The molecule has 2 heteroatoms. The number of hydrogen-bond donors (Lipinski definition) is 0. The summed E-state index contributed by atoms with van der Waals surface area (Å²) in [7, 11) is 0. The highest BCUT2D eigenvalue weighted by Crippen LogP contribution is 2.45. The van der Waals surface area contributed by atoms with Crippen LogP contribution in [0.25, 0.3) is 71.7 Å². The highest BCUT2D eigenvalue weighted by Gasteiger charge is 2.21. The van der Waals surface area contributed by atoms with Gasteiger partial charge in [0.25, 0.3) is 0 Å². The minimum absolute atomic E-state index is 1.10. The molecule has 0 saturated heterocycles. The predicted octanol–water partition coefficient (Wildman–Crippen LogP) is 14.4. The van der Waals surface area contributed by atoms with Crippen molar-refractivity contribution in [2.45, 2.75) is 0 Å². The van der Waals surface area contributed by atoms with Crippen molar-refractivity contribution in [1.82, 2.24) is 4.40 Å². The molecule has 254 valence electrons. The van der Waals surface area contributed by atoms with Crippen LogP contribution in [0.2, 0.25) is 0 Å². The van der Waals surface area contributed by atoms with E-state index in [1.165, 1.54) is 71.7 Å². The van der Waals surface area contributed by atoms with Crippen LogP contribution in [0.1, 0.15) is 0 Å². The summed E-state index contributed by atoms with van der Waals surface area (Å²) in [6.45, 7) is 0. The Bertz CT molecular complexity index is 2790. The van der Waals surface area contributed by atoms with Gasteiger partial charge in [-0.2, -0.15) is 0 Å². The average Bonchev–Trinajstić information content (AvgIpc) is 3.61. The molecule has 0 aliphatic rings. The normalized spacial score (nSPS) is 11.3. The quantitative estimate of drug-likeness (QED) is 0.162. The molecule has 2 heterocycles. The van der Waals surface area contributed by atoms with Crippen LogP contribution in [-0.2, 0) is 0 Å². The molecule has 0 spiro atoms. The third-order valence-electron chi connectivity index (χ3n) is 10.6. The zero-order valence-corrected chi connectivity index (χ0v) is 29.7. The summed E-state index contributed by atoms with van der Waals surface area (Å²) in [5.74, 6) is 0. The minimum Gasteiger partial charge on any atom is -0.315 e. The van der Waals surface area contributed by atoms with Crippen LogP contribution in [0.3, 0.4) is 0 Å². The molecular weight excluding hydrogens is 653 g/mol. The van der Waals surface area contributed by atoms with Gasteiger partial charge in [0, 0.05) is 39.8 Å². The van der Waals surface area contributed by atoms with E-state index in [1.54, 1.807) is 0 Å². The fourth-order valence-electron chi connectivity index (χ4n) is 8.03. The molecule has 0 saturated carbocycles. The Kier molecular flexibility index (Phi) is 7.85. The molecule has 2 nitrogen and oxygen atoms in total. The van der Waals surface area contributed by atoms with E-state index in [4.69, 9.17) is 0 Å². The summed E-state index contributed by atoms with van der Waals surface area (Å²) in [5.41, 5.74) is 15.4. The number of nitrogens with zero attached hydrogens (tertiary/aromatic N) is 2. The van der Waals surface area contributed by atoms with Gasteiger partial charge in [0.1, 0.15) is 0 Å². The van der Waals surface area contributed by atoms with Crippen LogP contribution < -0.4 is 4.90 Å². The van der Waals surface area contributed by atoms with Gasteiger partial charge in [0.05, 0.1) is 11.0 Å². The molecular formula is C52H36N2. The second-order valence-electron chi connectivity index (χ2n) is 13.8. The molecule has 8 aromatic carbocycles. The van der Waals surface area contributed by atoms with E-state index < -0.39 is 0 Å². The second-order valence-corrected chi connectivity index (χ2v) is 13.8. The lowest BCUT2D eigenvalue weighted by atomic mass is 9.93. The van der Waals surface area contributed by atoms with Gasteiger partial charge in [-0.15, -0.1) is 0 Å². The molecule has 10 aromatic rings. The number of rotatable bonds is 7. The summed E-state index contributed by atoms with van der Waals surface area (Å²) >= 11 is 0. The van der Waals surface area contributed by atoms with Gasteiger partial charge < -0.3 is 9.30 Å². The van der Waals surface area contributed by atoms with Crippen LogP contribution in [0.4, 0.5) is 17.1 Å². The van der Waals surface area contributed by atoms with Gasteiger partial charge in [-0.3, -0.25) is 0 Å². The Morgan fingerprint density at radius 2 is 0.796 bits per heavy atom. The number of anilines is 3. The van der Waals surface area contributed by atoms with Gasteiger partial charge in [-0.1, -0.05) is 158 Å². The summed E-state index contributed by atoms with van der Waals surface area (Å²) < 4.78 is 2.38. The highest BCUT2D eigenvalue weighted by atomic mass is 15.1. The summed E-state index contributed by atoms with van der Waals surface area (Å²) in [6.07, 6.45) is 2.21. The fraction of sp³-hybridized carbons (Fsp3) is 0. The Hall–Kier alpha value is -7.16. The molecule has 54 heavy (non-hydrogen) atoms. The van der Waals surface area contributed by atoms with Crippen molar-refractivity contribution in [3.05, 3.63) is 219 Å². The first-order valence-electron chi connectivity index (χ1n) is 18.5. The smallest absolute Gasteiger partial charge is 0.0620 e. The van der Waals surface area contributed by atoms with Gasteiger partial charge in [-0.05, 0) is 98.8 Å². The Morgan fingerprint density at radius 1 is 0.352 bits per heavy atom. The lowest BCUT2D eigenvalue weighted by molar-refractivity contribution is 1.25. The van der Waals surface area contributed by atoms with E-state index in [2.05, 4.69) is 228 Å². The van der Waals surface area contributed by atoms with Crippen LogP contribution in [-0.4, -0.2) is 4.40 Å². The molecule has 2 aromatic heterocycles. The summed E-state index contributed by atoms with van der Waals surface area (Å²) in [6, 6.07) is 76.5. The first kappa shape index (κ1) is 31.6. The Balaban J connectivity index is 1.12. The number of fused-ring (bicyclic) bond motifs is 5. The third-order valence-corrected chi connectivity index (χ3v) is 10.6. The highest BCUT2D eigenvalue weighted by molar-refractivity contribution is 6.22. The van der Waals surface area contributed by atoms with E-state index in [-0.39, 0.29) is 0 Å². The van der Waals surface area contributed by atoms with Crippen molar-refractivity contribution in [2.75, 3.05) is 4.90 Å². The van der Waals surface area contributed by atoms with Gasteiger partial charge >= 0.3 is 0 Å². The van der Waals surface area contributed by atoms with Crippen molar-refractivity contribution >= 4 is 44.3 Å². The molecule has 10 rings (SSSR count). The average molecular weight is 689 g/mol. The molecule has 0 atom stereocenters. The molecule has 0 radical (unpaired) electrons. The molecule has 0 unspecified atom stereocenters. The van der Waals surface area contributed by atoms with Crippen LogP contribution >= 0.6 is 0 Å². The van der Waals surface area contributed by atoms with Gasteiger partial charge in [0.2, 0.25) is 0 Å². The van der Waals surface area contributed by atoms with Crippen LogP contribution in [0, 0.1) is 0 Å². The number of hydrogen-bond acceptors (Lipinski definition) is 1. The van der Waals surface area contributed by atoms with Crippen LogP contribution in [0.15, 0.2) is 219 Å². The molecule has 0 aliphatic heterocycles. The maximum Gasteiger partial charge on any atom is 0.0620 e. The maximum atomic E-state index is 2.38. The third kappa shape index (κ3) is 5.53. The molecule has 0 amide bonds. The van der Waals surface area contributed by atoms with E-state index in [0.717, 1.165) is 17.1 Å². The Labute approximate surface area is 315 Å². The van der Waals surface area contributed by atoms with Gasteiger partial charge in [-0.25, -0.2) is 0 Å². The van der Waals surface area contributed by atoms with E-state index in [0.29, 0.717) is 0 Å².